The molecule has 0 bridgehead atoms. The number of fused-ring (bicyclic) bond motifs is 1. The Bertz CT molecular complexity index is 1020. The number of alkyl halides is 5. The molecule has 0 aliphatic heterocycles. The van der Waals surface area contributed by atoms with E-state index in [2.05, 4.69) is 29.6 Å². The van der Waals surface area contributed by atoms with E-state index in [9.17, 15) is 26.3 Å². The van der Waals surface area contributed by atoms with Crippen molar-refractivity contribution in [1.29, 1.82) is 0 Å². The van der Waals surface area contributed by atoms with Crippen LogP contribution in [-0.2, 0) is 10.8 Å². The first-order valence-corrected chi connectivity index (χ1v) is 8.15. The summed E-state index contributed by atoms with van der Waals surface area (Å²) in [5.41, 5.74) is -0.0148. The van der Waals surface area contributed by atoms with Crippen molar-refractivity contribution in [3.63, 3.8) is 0 Å². The van der Waals surface area contributed by atoms with E-state index in [4.69, 9.17) is 0 Å². The van der Waals surface area contributed by atoms with Crippen LogP contribution in [0.5, 0.6) is 5.88 Å². The van der Waals surface area contributed by atoms with Gasteiger partial charge in [0.2, 0.25) is 5.82 Å². The van der Waals surface area contributed by atoms with Gasteiger partial charge in [-0.2, -0.15) is 22.0 Å². The minimum Gasteiger partial charge on any atom is -0.463 e. The Morgan fingerprint density at radius 2 is 1.83 bits per heavy atom. The predicted molar refractivity (Wildman–Crippen MR) is 85.6 cm³/mol. The van der Waals surface area contributed by atoms with Crippen molar-refractivity contribution >= 4 is 5.65 Å². The van der Waals surface area contributed by atoms with E-state index in [1.165, 1.54) is 6.92 Å². The van der Waals surface area contributed by atoms with E-state index in [1.54, 1.807) is 0 Å². The average Bonchev–Trinajstić information content (AvgIpc) is 3.06. The molecule has 156 valence electrons. The fraction of sp³-hybridized carbons (Fsp3) is 0.375. The van der Waals surface area contributed by atoms with Crippen LogP contribution < -0.4 is 4.74 Å². The molecule has 3 aromatic heterocycles. The van der Waals surface area contributed by atoms with Crippen LogP contribution in [0.3, 0.4) is 0 Å². The molecule has 0 saturated carbocycles. The third-order valence-corrected chi connectivity index (χ3v) is 3.73. The zero-order valence-corrected chi connectivity index (χ0v) is 14.9. The molecule has 0 radical (unpaired) electrons. The summed E-state index contributed by atoms with van der Waals surface area (Å²) in [7, 11) is 0. The van der Waals surface area contributed by atoms with Gasteiger partial charge in [-0.15, -0.1) is 10.2 Å². The number of pyridine rings is 1. The Kier molecular flexibility index (Phi) is 5.34. The van der Waals surface area contributed by atoms with Gasteiger partial charge in [-0.1, -0.05) is 0 Å². The van der Waals surface area contributed by atoms with Crippen LogP contribution in [0.15, 0.2) is 24.7 Å². The molecular formula is C16H13F6N5O2. The van der Waals surface area contributed by atoms with Crippen LogP contribution in [-0.4, -0.2) is 43.5 Å². The molecule has 0 fully saturated rings. The molecule has 3 rings (SSSR count). The lowest BCUT2D eigenvalue weighted by Gasteiger charge is -2.17. The number of halogens is 6. The second kappa shape index (κ2) is 7.46. The molecular weight excluding hydrogens is 408 g/mol. The first-order chi connectivity index (χ1) is 13.5. The van der Waals surface area contributed by atoms with Crippen molar-refractivity contribution in [2.24, 2.45) is 0 Å². The van der Waals surface area contributed by atoms with Gasteiger partial charge in [0.25, 0.3) is 5.88 Å². The predicted octanol–water partition coefficient (Wildman–Crippen LogP) is 3.74. The van der Waals surface area contributed by atoms with Gasteiger partial charge in [0.1, 0.15) is 0 Å². The Morgan fingerprint density at radius 3 is 2.45 bits per heavy atom. The highest BCUT2D eigenvalue weighted by Crippen LogP contribution is 2.30. The standard InChI is InChI=1S/C16H13F6N5O2/c1-3-28-16(21,22)14-26-25-12-6-23-11(7-27(12)14)9-4-10(17)13(24-5-9)29-8(2)15(18,19)20/h4-8H,3H2,1-2H3/t8-/m0/s1. The van der Waals surface area contributed by atoms with Crippen LogP contribution in [0.4, 0.5) is 26.3 Å². The minimum absolute atomic E-state index is 0.00679. The third-order valence-electron chi connectivity index (χ3n) is 3.73. The van der Waals surface area contributed by atoms with E-state index < -0.39 is 35.9 Å². The zero-order chi connectivity index (χ0) is 21.4. The Labute approximate surface area is 159 Å². The van der Waals surface area contributed by atoms with Gasteiger partial charge in [-0.3, -0.25) is 9.38 Å². The monoisotopic (exact) mass is 421 g/mol. The number of hydrogen-bond acceptors (Lipinski definition) is 6. The van der Waals surface area contributed by atoms with Gasteiger partial charge in [0.05, 0.1) is 18.5 Å². The molecule has 0 amide bonds. The highest BCUT2D eigenvalue weighted by Gasteiger charge is 2.39. The molecule has 7 nitrogen and oxygen atoms in total. The van der Waals surface area contributed by atoms with E-state index >= 15 is 0 Å². The number of hydrogen-bond donors (Lipinski definition) is 0. The number of rotatable bonds is 6. The Hall–Kier alpha value is -2.96. The lowest BCUT2D eigenvalue weighted by Crippen LogP contribution is -2.31. The van der Waals surface area contributed by atoms with Gasteiger partial charge < -0.3 is 9.47 Å². The van der Waals surface area contributed by atoms with Gasteiger partial charge >= 0.3 is 12.3 Å². The molecule has 0 saturated heterocycles. The molecule has 13 heteroatoms. The van der Waals surface area contributed by atoms with Crippen LogP contribution in [0.25, 0.3) is 16.9 Å². The largest absolute Gasteiger partial charge is 0.463 e. The second-order valence-corrected chi connectivity index (χ2v) is 5.79. The van der Waals surface area contributed by atoms with Crippen LogP contribution >= 0.6 is 0 Å². The molecule has 0 spiro atoms. The van der Waals surface area contributed by atoms with E-state index in [1.807, 2.05) is 0 Å². The number of aromatic nitrogens is 5. The lowest BCUT2D eigenvalue weighted by molar-refractivity contribution is -0.251. The summed E-state index contributed by atoms with van der Waals surface area (Å²) in [4.78, 5) is 7.48. The Morgan fingerprint density at radius 1 is 1.10 bits per heavy atom. The summed E-state index contributed by atoms with van der Waals surface area (Å²) in [5.74, 6) is -2.85. The SMILES string of the molecule is CCOC(F)(F)c1nnc2cnc(-c3cnc(O[C@@H](C)C(F)(F)F)c(F)c3)cn12. The third kappa shape index (κ3) is 4.23. The fourth-order valence-electron chi connectivity index (χ4n) is 2.28. The van der Waals surface area contributed by atoms with Crippen LogP contribution in [0, 0.1) is 5.82 Å². The fourth-order valence-corrected chi connectivity index (χ4v) is 2.28. The van der Waals surface area contributed by atoms with Gasteiger partial charge in [0, 0.05) is 18.0 Å². The summed E-state index contributed by atoms with van der Waals surface area (Å²) < 4.78 is 89.6. The molecule has 0 N–H and O–H groups in total. The van der Waals surface area contributed by atoms with Crippen molar-refractivity contribution < 1.29 is 35.8 Å². The normalized spacial score (nSPS) is 13.7. The topological polar surface area (TPSA) is 74.4 Å². The summed E-state index contributed by atoms with van der Waals surface area (Å²) in [6, 6.07) is 0.824. The average molecular weight is 421 g/mol. The zero-order valence-electron chi connectivity index (χ0n) is 14.9. The summed E-state index contributed by atoms with van der Waals surface area (Å²) in [6.07, 6.45) is -7.49. The molecule has 0 aromatic carbocycles. The Balaban J connectivity index is 1.96. The first kappa shape index (κ1) is 20.8. The maximum absolute atomic E-state index is 14.2. The summed E-state index contributed by atoms with van der Waals surface area (Å²) in [5, 5.41) is 6.95. The summed E-state index contributed by atoms with van der Waals surface area (Å²) >= 11 is 0. The molecule has 0 aliphatic rings. The minimum atomic E-state index is -4.70. The van der Waals surface area contributed by atoms with Crippen LogP contribution in [0.2, 0.25) is 0 Å². The second-order valence-electron chi connectivity index (χ2n) is 5.79. The molecule has 1 atom stereocenters. The molecule has 0 unspecified atom stereocenters. The van der Waals surface area contributed by atoms with E-state index in [0.29, 0.717) is 6.92 Å². The molecule has 0 aliphatic carbocycles. The molecule has 3 heterocycles. The highest BCUT2D eigenvalue weighted by atomic mass is 19.4. The van der Waals surface area contributed by atoms with Gasteiger partial charge in [-0.25, -0.2) is 9.37 Å². The van der Waals surface area contributed by atoms with Crippen molar-refractivity contribution in [3.05, 3.63) is 36.3 Å². The maximum atomic E-state index is 14.2. The van der Waals surface area contributed by atoms with Crippen molar-refractivity contribution in [3.8, 4) is 17.1 Å². The first-order valence-electron chi connectivity index (χ1n) is 8.15. The van der Waals surface area contributed by atoms with E-state index in [0.717, 1.165) is 29.1 Å². The molecule has 3 aromatic rings. The van der Waals surface area contributed by atoms with Gasteiger partial charge in [0.15, 0.2) is 17.6 Å². The van der Waals surface area contributed by atoms with Crippen LogP contribution in [0.1, 0.15) is 19.7 Å². The smallest absolute Gasteiger partial charge is 0.425 e. The maximum Gasteiger partial charge on any atom is 0.425 e. The van der Waals surface area contributed by atoms with Crippen molar-refractivity contribution in [2.45, 2.75) is 32.2 Å². The van der Waals surface area contributed by atoms with Crippen molar-refractivity contribution in [1.82, 2.24) is 24.6 Å². The van der Waals surface area contributed by atoms with Crippen molar-refractivity contribution in [2.75, 3.05) is 6.61 Å². The highest BCUT2D eigenvalue weighted by molar-refractivity contribution is 5.59. The number of nitrogens with zero attached hydrogens (tertiary/aromatic N) is 5. The number of ether oxygens (including phenoxy) is 2. The molecule has 29 heavy (non-hydrogen) atoms. The van der Waals surface area contributed by atoms with E-state index in [-0.39, 0.29) is 23.5 Å². The quantitative estimate of drug-likeness (QED) is 0.565. The summed E-state index contributed by atoms with van der Waals surface area (Å²) in [6.45, 7) is 1.80. The van der Waals surface area contributed by atoms with Gasteiger partial charge in [-0.05, 0) is 19.9 Å². The lowest BCUT2D eigenvalue weighted by atomic mass is 10.2.